The third-order valence-electron chi connectivity index (χ3n) is 6.96. The first-order valence-electron chi connectivity index (χ1n) is 10.8. The van der Waals surface area contributed by atoms with E-state index >= 15 is 0 Å². The average molecular weight is 391 g/mol. The van der Waals surface area contributed by atoms with E-state index in [0.29, 0.717) is 12.3 Å². The Kier molecular flexibility index (Phi) is 5.70. The van der Waals surface area contributed by atoms with Crippen LogP contribution in [-0.2, 0) is 15.0 Å². The molecule has 0 spiro atoms. The molecule has 0 unspecified atom stereocenters. The number of hydrogen-bond acceptors (Lipinski definition) is 2. The van der Waals surface area contributed by atoms with Gasteiger partial charge in [-0.2, -0.15) is 0 Å². The zero-order chi connectivity index (χ0) is 20.3. The zero-order valence-electron chi connectivity index (χ0n) is 16.9. The lowest BCUT2D eigenvalue weighted by molar-refractivity contribution is -0.136. The third kappa shape index (κ3) is 4.07. The molecule has 0 bridgehead atoms. The standard InChI is InChI=1S/C25H30N2O2/c26-24(29)20-13-11-19(12-14-20)17-27-18-25(16-15-23(27)28,21-7-3-1-4-8-21)22-9-5-2-6-10-22/h1-10,19-20H,11-18H2,(H2,26,29). The number of hydrogen-bond donors (Lipinski definition) is 1. The highest BCUT2D eigenvalue weighted by atomic mass is 16.2. The van der Waals surface area contributed by atoms with E-state index in [4.69, 9.17) is 5.73 Å². The van der Waals surface area contributed by atoms with Crippen LogP contribution in [-0.4, -0.2) is 29.8 Å². The van der Waals surface area contributed by atoms with Crippen molar-refractivity contribution in [2.45, 2.75) is 43.9 Å². The summed E-state index contributed by atoms with van der Waals surface area (Å²) in [6, 6.07) is 21.2. The summed E-state index contributed by atoms with van der Waals surface area (Å²) in [6.45, 7) is 1.50. The highest BCUT2D eigenvalue weighted by Crippen LogP contribution is 2.41. The predicted octanol–water partition coefficient (Wildman–Crippen LogP) is 3.89. The molecular formula is C25H30N2O2. The van der Waals surface area contributed by atoms with E-state index < -0.39 is 0 Å². The molecule has 1 saturated heterocycles. The molecule has 29 heavy (non-hydrogen) atoms. The Bertz CT molecular complexity index is 802. The van der Waals surface area contributed by atoms with Crippen LogP contribution in [0.5, 0.6) is 0 Å². The minimum Gasteiger partial charge on any atom is -0.369 e. The van der Waals surface area contributed by atoms with E-state index in [2.05, 4.69) is 53.4 Å². The summed E-state index contributed by atoms with van der Waals surface area (Å²) in [7, 11) is 0. The molecule has 4 heteroatoms. The Hall–Kier alpha value is -2.62. The highest BCUT2D eigenvalue weighted by molar-refractivity contribution is 5.78. The SMILES string of the molecule is NC(=O)C1CCC(CN2CC(c3ccccc3)(c3ccccc3)CCC2=O)CC1. The van der Waals surface area contributed by atoms with Crippen LogP contribution in [0, 0.1) is 11.8 Å². The molecule has 152 valence electrons. The minimum absolute atomic E-state index is 0.0102. The minimum atomic E-state index is -0.176. The number of carbonyl (C=O) groups is 2. The van der Waals surface area contributed by atoms with Crippen molar-refractivity contribution < 1.29 is 9.59 Å². The van der Waals surface area contributed by atoms with E-state index in [1.807, 2.05) is 12.1 Å². The third-order valence-corrected chi connectivity index (χ3v) is 6.96. The van der Waals surface area contributed by atoms with Crippen LogP contribution in [0.25, 0.3) is 0 Å². The quantitative estimate of drug-likeness (QED) is 0.842. The maximum Gasteiger partial charge on any atom is 0.222 e. The second kappa shape index (κ2) is 8.40. The highest BCUT2D eigenvalue weighted by Gasteiger charge is 2.42. The number of rotatable bonds is 5. The molecule has 1 saturated carbocycles. The van der Waals surface area contributed by atoms with E-state index in [-0.39, 0.29) is 23.1 Å². The maximum atomic E-state index is 12.8. The average Bonchev–Trinajstić information content (AvgIpc) is 2.77. The van der Waals surface area contributed by atoms with Crippen LogP contribution in [0.2, 0.25) is 0 Å². The first-order valence-corrected chi connectivity index (χ1v) is 10.8. The number of carbonyl (C=O) groups excluding carboxylic acids is 2. The van der Waals surface area contributed by atoms with E-state index in [9.17, 15) is 9.59 Å². The molecule has 2 fully saturated rings. The maximum absolute atomic E-state index is 12.8. The molecule has 2 aliphatic rings. The van der Waals surface area contributed by atoms with E-state index in [0.717, 1.165) is 45.2 Å². The van der Waals surface area contributed by atoms with Gasteiger partial charge in [0.25, 0.3) is 0 Å². The number of piperidine rings is 1. The molecule has 4 rings (SSSR count). The molecule has 2 aromatic rings. The van der Waals surface area contributed by atoms with Crippen LogP contribution in [0.3, 0.4) is 0 Å². The number of nitrogens with zero attached hydrogens (tertiary/aromatic N) is 1. The van der Waals surface area contributed by atoms with Crippen molar-refractivity contribution in [2.75, 3.05) is 13.1 Å². The molecule has 0 radical (unpaired) electrons. The fourth-order valence-corrected chi connectivity index (χ4v) is 5.23. The Labute approximate surface area is 173 Å². The summed E-state index contributed by atoms with van der Waals surface area (Å²) in [5.41, 5.74) is 7.87. The lowest BCUT2D eigenvalue weighted by Crippen LogP contribution is -2.51. The van der Waals surface area contributed by atoms with Crippen molar-refractivity contribution in [3.8, 4) is 0 Å². The van der Waals surface area contributed by atoms with Crippen LogP contribution >= 0.6 is 0 Å². The first kappa shape index (κ1) is 19.7. The molecular weight excluding hydrogens is 360 g/mol. The monoisotopic (exact) mass is 390 g/mol. The fourth-order valence-electron chi connectivity index (χ4n) is 5.23. The number of primary amides is 1. The van der Waals surface area contributed by atoms with Gasteiger partial charge >= 0.3 is 0 Å². The van der Waals surface area contributed by atoms with Gasteiger partial charge in [-0.15, -0.1) is 0 Å². The lowest BCUT2D eigenvalue weighted by atomic mass is 9.69. The summed E-state index contributed by atoms with van der Waals surface area (Å²) in [5.74, 6) is 0.544. The second-order valence-corrected chi connectivity index (χ2v) is 8.71. The second-order valence-electron chi connectivity index (χ2n) is 8.71. The molecule has 4 nitrogen and oxygen atoms in total. The van der Waals surface area contributed by atoms with Crippen LogP contribution < -0.4 is 5.73 Å². The molecule has 1 aliphatic carbocycles. The molecule has 0 atom stereocenters. The van der Waals surface area contributed by atoms with Gasteiger partial charge in [0.15, 0.2) is 0 Å². The Morgan fingerprint density at radius 3 is 2.00 bits per heavy atom. The molecule has 0 aromatic heterocycles. The van der Waals surface area contributed by atoms with Gasteiger partial charge in [0.1, 0.15) is 0 Å². The van der Waals surface area contributed by atoms with Crippen molar-refractivity contribution in [3.05, 3.63) is 71.8 Å². The molecule has 2 amide bonds. The molecule has 2 N–H and O–H groups in total. The Balaban J connectivity index is 1.57. The molecule has 2 aromatic carbocycles. The number of nitrogens with two attached hydrogens (primary N) is 1. The number of amides is 2. The molecule has 1 heterocycles. The number of likely N-dealkylation sites (tertiary alicyclic amines) is 1. The van der Waals surface area contributed by atoms with Gasteiger partial charge in [-0.25, -0.2) is 0 Å². The Morgan fingerprint density at radius 2 is 1.48 bits per heavy atom. The van der Waals surface area contributed by atoms with Crippen molar-refractivity contribution in [3.63, 3.8) is 0 Å². The van der Waals surface area contributed by atoms with E-state index in [1.165, 1.54) is 11.1 Å². The zero-order valence-corrected chi connectivity index (χ0v) is 16.9. The molecule has 1 aliphatic heterocycles. The van der Waals surface area contributed by atoms with Crippen molar-refractivity contribution in [1.29, 1.82) is 0 Å². The summed E-state index contributed by atoms with van der Waals surface area (Å²) in [4.78, 5) is 26.4. The summed E-state index contributed by atoms with van der Waals surface area (Å²) < 4.78 is 0. The van der Waals surface area contributed by atoms with Gasteiger partial charge in [0.2, 0.25) is 11.8 Å². The van der Waals surface area contributed by atoms with Crippen LogP contribution in [0.4, 0.5) is 0 Å². The van der Waals surface area contributed by atoms with Crippen LogP contribution in [0.1, 0.15) is 49.7 Å². The van der Waals surface area contributed by atoms with Crippen molar-refractivity contribution in [2.24, 2.45) is 17.6 Å². The van der Waals surface area contributed by atoms with Gasteiger partial charge in [-0.3, -0.25) is 9.59 Å². The predicted molar refractivity (Wildman–Crippen MR) is 114 cm³/mol. The van der Waals surface area contributed by atoms with Crippen molar-refractivity contribution in [1.82, 2.24) is 4.90 Å². The summed E-state index contributed by atoms with van der Waals surface area (Å²) in [6.07, 6.45) is 5.06. The van der Waals surface area contributed by atoms with E-state index in [1.54, 1.807) is 0 Å². The normalized spacial score (nSPS) is 24.3. The van der Waals surface area contributed by atoms with Gasteiger partial charge in [0.05, 0.1) is 0 Å². The smallest absolute Gasteiger partial charge is 0.222 e. The van der Waals surface area contributed by atoms with Crippen molar-refractivity contribution >= 4 is 11.8 Å². The Morgan fingerprint density at radius 1 is 0.931 bits per heavy atom. The lowest BCUT2D eigenvalue weighted by Gasteiger charge is -2.45. The van der Waals surface area contributed by atoms with Crippen LogP contribution in [0.15, 0.2) is 60.7 Å². The summed E-state index contributed by atoms with van der Waals surface area (Å²) >= 11 is 0. The van der Waals surface area contributed by atoms with Gasteiger partial charge in [0, 0.05) is 30.8 Å². The largest absolute Gasteiger partial charge is 0.369 e. The topological polar surface area (TPSA) is 63.4 Å². The number of benzene rings is 2. The van der Waals surface area contributed by atoms with Gasteiger partial charge in [-0.1, -0.05) is 60.7 Å². The first-order chi connectivity index (χ1) is 14.1. The van der Waals surface area contributed by atoms with Gasteiger partial charge < -0.3 is 10.6 Å². The summed E-state index contributed by atoms with van der Waals surface area (Å²) in [5, 5.41) is 0. The fraction of sp³-hybridized carbons (Fsp3) is 0.440. The van der Waals surface area contributed by atoms with Gasteiger partial charge in [-0.05, 0) is 49.1 Å².